The molecule has 0 aliphatic carbocycles. The molecule has 0 unspecified atom stereocenters. The number of aromatic nitrogens is 1. The maximum absolute atomic E-state index is 14.2. The van der Waals surface area contributed by atoms with Gasteiger partial charge in [-0.1, -0.05) is 47.7 Å². The molecule has 2 aliphatic rings. The van der Waals surface area contributed by atoms with E-state index in [2.05, 4.69) is 0 Å². The summed E-state index contributed by atoms with van der Waals surface area (Å²) in [6.07, 6.45) is 1.42. The lowest BCUT2D eigenvalue weighted by atomic mass is 9.93. The number of thiazole rings is 1. The third kappa shape index (κ3) is 4.96. The first kappa shape index (κ1) is 28.7. The lowest BCUT2D eigenvalue weighted by molar-refractivity contribution is -0.385. The summed E-state index contributed by atoms with van der Waals surface area (Å²) in [7, 11) is 3.00. The average molecular weight is 616 g/mol. The monoisotopic (exact) mass is 615 g/mol. The molecule has 0 saturated heterocycles. The first-order chi connectivity index (χ1) is 21.3. The van der Waals surface area contributed by atoms with Crippen molar-refractivity contribution in [3.8, 4) is 23.0 Å². The fourth-order valence-corrected chi connectivity index (χ4v) is 6.13. The number of rotatable bonds is 8. The molecule has 13 heteroatoms. The highest BCUT2D eigenvalue weighted by Gasteiger charge is 2.36. The van der Waals surface area contributed by atoms with Crippen LogP contribution >= 0.6 is 11.3 Å². The number of methoxy groups -OCH3 is 2. The van der Waals surface area contributed by atoms with Gasteiger partial charge in [0.2, 0.25) is 6.79 Å². The van der Waals surface area contributed by atoms with Gasteiger partial charge in [-0.2, -0.15) is 0 Å². The van der Waals surface area contributed by atoms with Crippen LogP contribution in [0.3, 0.4) is 0 Å². The first-order valence-electron chi connectivity index (χ1n) is 13.4. The van der Waals surface area contributed by atoms with Gasteiger partial charge in [0.05, 0.1) is 59.2 Å². The van der Waals surface area contributed by atoms with Crippen LogP contribution in [0.25, 0.3) is 11.8 Å². The highest BCUT2D eigenvalue weighted by atomic mass is 32.1. The molecular weight excluding hydrogens is 590 g/mol. The van der Waals surface area contributed by atoms with Crippen LogP contribution in [0.4, 0.5) is 5.69 Å². The van der Waals surface area contributed by atoms with Gasteiger partial charge >= 0.3 is 5.97 Å². The Balaban J connectivity index is 1.66. The van der Waals surface area contributed by atoms with Crippen molar-refractivity contribution in [1.29, 1.82) is 0 Å². The van der Waals surface area contributed by atoms with Gasteiger partial charge in [-0.15, -0.1) is 0 Å². The summed E-state index contributed by atoms with van der Waals surface area (Å²) in [6, 6.07) is 16.0. The number of nitro groups is 1. The molecule has 2 aliphatic heterocycles. The van der Waals surface area contributed by atoms with Gasteiger partial charge in [0.1, 0.15) is 0 Å². The van der Waals surface area contributed by atoms with E-state index in [0.29, 0.717) is 34.1 Å². The zero-order chi connectivity index (χ0) is 31.0. The Morgan fingerprint density at radius 1 is 1.09 bits per heavy atom. The van der Waals surface area contributed by atoms with E-state index in [1.165, 1.54) is 37.0 Å². The maximum Gasteiger partial charge on any atom is 0.338 e. The largest absolute Gasteiger partial charge is 0.493 e. The van der Waals surface area contributed by atoms with Crippen LogP contribution in [0.2, 0.25) is 0 Å². The lowest BCUT2D eigenvalue weighted by Gasteiger charge is -2.26. The normalized spacial score (nSPS) is 15.4. The second-order valence-corrected chi connectivity index (χ2v) is 10.6. The van der Waals surface area contributed by atoms with Crippen molar-refractivity contribution in [2.45, 2.75) is 13.0 Å². The molecule has 0 amide bonds. The number of carbonyl (C=O) groups is 1. The smallest absolute Gasteiger partial charge is 0.338 e. The predicted octanol–water partition coefficient (Wildman–Crippen LogP) is 3.59. The number of nitro benzene ring substituents is 1. The van der Waals surface area contributed by atoms with Gasteiger partial charge < -0.3 is 23.7 Å². The van der Waals surface area contributed by atoms with Crippen LogP contribution in [0, 0.1) is 10.1 Å². The van der Waals surface area contributed by atoms with Gasteiger partial charge in [0, 0.05) is 5.56 Å². The summed E-state index contributed by atoms with van der Waals surface area (Å²) in [5, 5.41) is 11.9. The molecule has 12 nitrogen and oxygen atoms in total. The molecule has 3 heterocycles. The van der Waals surface area contributed by atoms with Gasteiger partial charge in [0.15, 0.2) is 27.8 Å². The molecule has 1 aromatic heterocycles. The zero-order valence-electron chi connectivity index (χ0n) is 23.8. The summed E-state index contributed by atoms with van der Waals surface area (Å²) >= 11 is 1.04. The van der Waals surface area contributed by atoms with Crippen molar-refractivity contribution in [1.82, 2.24) is 4.57 Å². The minimum Gasteiger partial charge on any atom is -0.493 e. The molecule has 0 fully saturated rings. The quantitative estimate of drug-likeness (QED) is 0.165. The molecule has 44 heavy (non-hydrogen) atoms. The summed E-state index contributed by atoms with van der Waals surface area (Å²) in [6.45, 7) is 1.73. The molecule has 0 spiro atoms. The Kier molecular flexibility index (Phi) is 7.62. The van der Waals surface area contributed by atoms with E-state index in [4.69, 9.17) is 28.7 Å². The third-order valence-corrected chi connectivity index (χ3v) is 8.09. The molecular formula is C31H25N3O9S. The van der Waals surface area contributed by atoms with E-state index >= 15 is 0 Å². The molecule has 224 valence electrons. The molecule has 0 saturated carbocycles. The first-order valence-corrected chi connectivity index (χ1v) is 14.2. The molecule has 0 N–H and O–H groups in total. The van der Waals surface area contributed by atoms with Crippen molar-refractivity contribution in [2.75, 3.05) is 27.6 Å². The van der Waals surface area contributed by atoms with Crippen LogP contribution in [0.5, 0.6) is 23.0 Å². The van der Waals surface area contributed by atoms with E-state index in [1.54, 1.807) is 25.1 Å². The predicted molar refractivity (Wildman–Crippen MR) is 160 cm³/mol. The van der Waals surface area contributed by atoms with E-state index in [1.807, 2.05) is 30.3 Å². The van der Waals surface area contributed by atoms with Crippen LogP contribution in [-0.4, -0.2) is 43.1 Å². The average Bonchev–Trinajstić information content (AvgIpc) is 3.63. The van der Waals surface area contributed by atoms with E-state index < -0.39 is 22.5 Å². The Bertz CT molecular complexity index is 2020. The zero-order valence-corrected chi connectivity index (χ0v) is 24.6. The fraction of sp³-hybridized carbons (Fsp3) is 0.194. The van der Waals surface area contributed by atoms with Crippen molar-refractivity contribution in [2.24, 2.45) is 4.99 Å². The van der Waals surface area contributed by atoms with Crippen molar-refractivity contribution in [3.63, 3.8) is 0 Å². The summed E-state index contributed by atoms with van der Waals surface area (Å²) in [5.41, 5.74) is 1.06. The molecule has 0 bridgehead atoms. The third-order valence-electron chi connectivity index (χ3n) is 7.10. The lowest BCUT2D eigenvalue weighted by Crippen LogP contribution is -2.40. The number of carbonyl (C=O) groups excluding carboxylic acids is 1. The number of hydrogen-bond donors (Lipinski definition) is 0. The number of esters is 1. The fourth-order valence-electron chi connectivity index (χ4n) is 5.14. The van der Waals surface area contributed by atoms with Gasteiger partial charge in [-0.3, -0.25) is 19.5 Å². The van der Waals surface area contributed by atoms with Crippen molar-refractivity contribution < 1.29 is 33.4 Å². The Morgan fingerprint density at radius 3 is 2.50 bits per heavy atom. The highest BCUT2D eigenvalue weighted by molar-refractivity contribution is 7.07. The minimum absolute atomic E-state index is 0.0671. The molecule has 1 atom stereocenters. The second kappa shape index (κ2) is 11.7. The minimum atomic E-state index is -0.978. The van der Waals surface area contributed by atoms with Crippen LogP contribution in [0.1, 0.15) is 29.7 Å². The van der Waals surface area contributed by atoms with Crippen molar-refractivity contribution >= 4 is 34.8 Å². The summed E-state index contributed by atoms with van der Waals surface area (Å²) in [4.78, 5) is 44.3. The molecule has 3 aromatic carbocycles. The number of hydrogen-bond acceptors (Lipinski definition) is 11. The van der Waals surface area contributed by atoms with Gasteiger partial charge in [0.25, 0.3) is 11.2 Å². The molecule has 4 aromatic rings. The maximum atomic E-state index is 14.2. The standard InChI is InChI=1S/C31H25N3O9S/c1-4-41-30(36)26-27(17-8-6-5-7-9-17)32-31-33(28(26)18-10-11-21(39-2)22(12-18)40-3)29(35)25(44-31)14-19-13-23-24(43-16-42-23)15-20(19)34(37)38/h5-15,28H,4,16H2,1-3H3/b25-14-/t28-/m0/s1. The number of benzene rings is 3. The van der Waals surface area contributed by atoms with Crippen LogP contribution < -0.4 is 33.8 Å². The topological polar surface area (TPSA) is 141 Å². The summed E-state index contributed by atoms with van der Waals surface area (Å²) < 4.78 is 28.7. The highest BCUT2D eigenvalue weighted by Crippen LogP contribution is 2.40. The number of fused-ring (bicyclic) bond motifs is 2. The van der Waals surface area contributed by atoms with E-state index in [9.17, 15) is 19.7 Å². The van der Waals surface area contributed by atoms with E-state index in [0.717, 1.165) is 11.3 Å². The molecule has 6 rings (SSSR count). The molecule has 0 radical (unpaired) electrons. The Labute approximate surface area is 253 Å². The van der Waals surface area contributed by atoms with Gasteiger partial charge in [-0.05, 0) is 36.8 Å². The summed E-state index contributed by atoms with van der Waals surface area (Å²) in [5.74, 6) is 0.785. The number of nitrogens with zero attached hydrogens (tertiary/aromatic N) is 3. The van der Waals surface area contributed by atoms with Crippen molar-refractivity contribution in [3.05, 3.63) is 113 Å². The Hall–Kier alpha value is -5.43. The Morgan fingerprint density at radius 2 is 1.82 bits per heavy atom. The van der Waals surface area contributed by atoms with Crippen LogP contribution in [-0.2, 0) is 9.53 Å². The van der Waals surface area contributed by atoms with Crippen LogP contribution in [0.15, 0.2) is 76.0 Å². The van der Waals surface area contributed by atoms with Gasteiger partial charge in [-0.25, -0.2) is 9.79 Å². The second-order valence-electron chi connectivity index (χ2n) is 9.57. The SMILES string of the molecule is CCOC(=O)C1=C(c2ccccc2)N=c2s/c(=C\c3cc4c(cc3[N+](=O)[O-])OCO4)c(=O)n2[C@H]1c1ccc(OC)c(OC)c1. The number of ether oxygens (including phenoxy) is 5. The van der Waals surface area contributed by atoms with E-state index in [-0.39, 0.29) is 45.3 Å².